The summed E-state index contributed by atoms with van der Waals surface area (Å²) in [6.45, 7) is 2.74. The van der Waals surface area contributed by atoms with E-state index in [-0.39, 0.29) is 24.3 Å². The van der Waals surface area contributed by atoms with E-state index in [9.17, 15) is 9.59 Å². The number of fused-ring (bicyclic) bond motifs is 1. The highest BCUT2D eigenvalue weighted by Gasteiger charge is 2.21. The molecule has 10 heteroatoms. The number of benzene rings is 1. The number of amides is 2. The highest BCUT2D eigenvalue weighted by molar-refractivity contribution is 5.96. The molecule has 192 valence electrons. The maximum atomic E-state index is 12.2. The normalized spacial score (nSPS) is 13.2. The maximum absolute atomic E-state index is 12.2. The van der Waals surface area contributed by atoms with Gasteiger partial charge < -0.3 is 20.0 Å². The molecule has 1 aliphatic heterocycles. The molecular formula is C27H31N7O3. The summed E-state index contributed by atoms with van der Waals surface area (Å²) in [6, 6.07) is 10.9. The van der Waals surface area contributed by atoms with Crippen LogP contribution in [0.25, 0.3) is 11.0 Å². The van der Waals surface area contributed by atoms with Crippen molar-refractivity contribution in [1.82, 2.24) is 15.2 Å². The molecule has 0 radical (unpaired) electrons. The Morgan fingerprint density at radius 1 is 1.24 bits per heavy atom. The van der Waals surface area contributed by atoms with Crippen molar-refractivity contribution < 1.29 is 14.0 Å². The Bertz CT molecular complexity index is 1280. The van der Waals surface area contributed by atoms with E-state index in [1.807, 2.05) is 25.1 Å². The quantitative estimate of drug-likeness (QED) is 0.183. The van der Waals surface area contributed by atoms with Gasteiger partial charge in [-0.3, -0.25) is 19.9 Å². The van der Waals surface area contributed by atoms with E-state index >= 15 is 0 Å². The predicted molar refractivity (Wildman–Crippen MR) is 144 cm³/mol. The molecule has 0 aliphatic carbocycles. The first-order valence-corrected chi connectivity index (χ1v) is 11.6. The number of terminal acetylenes is 1. The van der Waals surface area contributed by atoms with E-state index in [0.29, 0.717) is 18.7 Å². The lowest BCUT2D eigenvalue weighted by atomic mass is 10.2. The van der Waals surface area contributed by atoms with Crippen LogP contribution in [0.15, 0.2) is 58.2 Å². The molecule has 1 fully saturated rings. The summed E-state index contributed by atoms with van der Waals surface area (Å²) >= 11 is 0. The van der Waals surface area contributed by atoms with Gasteiger partial charge in [-0.25, -0.2) is 4.99 Å². The predicted octanol–water partition coefficient (Wildman–Crippen LogP) is 3.45. The van der Waals surface area contributed by atoms with Crippen LogP contribution in [-0.2, 0) is 9.59 Å². The third kappa shape index (κ3) is 8.71. The minimum Gasteiger partial charge on any atom is -0.461 e. The third-order valence-electron chi connectivity index (χ3n) is 5.48. The summed E-state index contributed by atoms with van der Waals surface area (Å²) in [5.41, 5.74) is 7.74. The molecule has 37 heavy (non-hydrogen) atoms. The Hall–Kier alpha value is -4.83. The molecule has 3 aromatic rings. The molecule has 3 heterocycles. The van der Waals surface area contributed by atoms with Crippen molar-refractivity contribution >= 4 is 40.1 Å². The Kier molecular flexibility index (Phi) is 11.2. The van der Waals surface area contributed by atoms with Crippen molar-refractivity contribution in [2.24, 2.45) is 10.7 Å². The molecule has 3 N–H and O–H groups in total. The number of nitrogens with two attached hydrogens (primary N) is 1. The topological polar surface area (TPSA) is 141 Å². The number of pyridine rings is 1. The average Bonchev–Trinajstić information content (AvgIpc) is 3.16. The Labute approximate surface area is 216 Å². The molecule has 0 atom stereocenters. The average molecular weight is 502 g/mol. The molecule has 1 aliphatic rings. The van der Waals surface area contributed by atoms with Crippen molar-refractivity contribution in [2.75, 3.05) is 25.0 Å². The molecule has 4 rings (SSSR count). The molecule has 2 aromatic heterocycles. The minimum atomic E-state index is -0.0681. The number of guanidine groups is 1. The van der Waals surface area contributed by atoms with Crippen molar-refractivity contribution in [3.63, 3.8) is 0 Å². The number of anilines is 1. The minimum absolute atomic E-state index is 0.0681. The van der Waals surface area contributed by atoms with Crippen molar-refractivity contribution in [3.8, 4) is 19.0 Å². The van der Waals surface area contributed by atoms with Gasteiger partial charge in [0, 0.05) is 43.5 Å². The van der Waals surface area contributed by atoms with Crippen molar-refractivity contribution in [3.05, 3.63) is 54.6 Å². The zero-order valence-electron chi connectivity index (χ0n) is 21.1. The van der Waals surface area contributed by atoms with Gasteiger partial charge in [-0.1, -0.05) is 6.42 Å². The Balaban J connectivity index is 0.000000247. The van der Waals surface area contributed by atoms with E-state index in [2.05, 4.69) is 28.1 Å². The number of rotatable bonds is 4. The van der Waals surface area contributed by atoms with Gasteiger partial charge in [0.05, 0.1) is 5.69 Å². The van der Waals surface area contributed by atoms with Crippen LogP contribution in [-0.4, -0.2) is 47.8 Å². The summed E-state index contributed by atoms with van der Waals surface area (Å²) < 4.78 is 5.43. The lowest BCUT2D eigenvalue weighted by Crippen LogP contribution is -2.41. The van der Waals surface area contributed by atoms with Gasteiger partial charge in [-0.05, 0) is 56.2 Å². The zero-order valence-corrected chi connectivity index (χ0v) is 21.1. The van der Waals surface area contributed by atoms with E-state index in [1.54, 1.807) is 53.6 Å². The van der Waals surface area contributed by atoms with Crippen LogP contribution in [0, 0.1) is 31.2 Å². The first kappa shape index (κ1) is 28.4. The molecule has 0 unspecified atom stereocenters. The molecular weight excluding hydrogens is 470 g/mol. The number of likely N-dealkylation sites (N-methyl/N-ethyl adjacent to an activating group) is 1. The van der Waals surface area contributed by atoms with E-state index in [4.69, 9.17) is 15.4 Å². The van der Waals surface area contributed by atoms with Crippen LogP contribution in [0.3, 0.4) is 0 Å². The third-order valence-corrected chi connectivity index (χ3v) is 5.48. The van der Waals surface area contributed by atoms with Gasteiger partial charge in [0.2, 0.25) is 17.8 Å². The van der Waals surface area contributed by atoms with Crippen LogP contribution in [0.4, 0.5) is 11.4 Å². The molecule has 0 saturated carbocycles. The molecule has 1 saturated heterocycles. The lowest BCUT2D eigenvalue weighted by Gasteiger charge is -2.24. The highest BCUT2D eigenvalue weighted by atomic mass is 16.3. The van der Waals surface area contributed by atoms with Gasteiger partial charge in [0.15, 0.2) is 6.19 Å². The number of nitrogens with one attached hydrogen (secondary N) is 1. The highest BCUT2D eigenvalue weighted by Crippen LogP contribution is 2.24. The summed E-state index contributed by atoms with van der Waals surface area (Å²) in [5, 5.41) is 11.6. The molecule has 0 bridgehead atoms. The van der Waals surface area contributed by atoms with Gasteiger partial charge in [0.1, 0.15) is 17.9 Å². The van der Waals surface area contributed by atoms with Gasteiger partial charge in [-0.2, -0.15) is 5.26 Å². The Morgan fingerprint density at radius 2 is 1.97 bits per heavy atom. The fraction of sp³-hybridized carbons (Fsp3) is 0.296. The van der Waals surface area contributed by atoms with Crippen LogP contribution < -0.4 is 16.0 Å². The number of carbonyl (C=O) groups is 2. The first-order chi connectivity index (χ1) is 17.9. The number of aryl methyl sites for hydroxylation is 1. The second kappa shape index (κ2) is 14.5. The fourth-order valence-corrected chi connectivity index (χ4v) is 3.64. The molecule has 10 nitrogen and oxygen atoms in total. The van der Waals surface area contributed by atoms with Crippen LogP contribution >= 0.6 is 0 Å². The summed E-state index contributed by atoms with van der Waals surface area (Å²) in [7, 11) is 1.72. The number of hydrogen-bond acceptors (Lipinski definition) is 6. The van der Waals surface area contributed by atoms with Gasteiger partial charge in [0.25, 0.3) is 0 Å². The van der Waals surface area contributed by atoms with Gasteiger partial charge in [-0.15, -0.1) is 12.8 Å². The lowest BCUT2D eigenvalue weighted by molar-refractivity contribution is -0.134. The summed E-state index contributed by atoms with van der Waals surface area (Å²) in [4.78, 5) is 35.2. The zero-order chi connectivity index (χ0) is 27.2. The molecule has 2 amide bonds. The number of hydrogen-bond donors (Lipinski definition) is 2. The smallest absolute Gasteiger partial charge is 0.246 e. The maximum Gasteiger partial charge on any atom is 0.246 e. The number of nitriles is 1. The monoisotopic (exact) mass is 501 g/mol. The second-order valence-electron chi connectivity index (χ2n) is 8.10. The van der Waals surface area contributed by atoms with Crippen LogP contribution in [0.2, 0.25) is 0 Å². The van der Waals surface area contributed by atoms with Crippen molar-refractivity contribution in [2.45, 2.75) is 32.6 Å². The van der Waals surface area contributed by atoms with E-state index in [1.165, 1.54) is 0 Å². The number of aliphatic imine (C=N–C) groups is 1. The largest absolute Gasteiger partial charge is 0.461 e. The van der Waals surface area contributed by atoms with E-state index < -0.39 is 0 Å². The number of carbonyl (C=O) groups excluding carboxylic acids is 2. The van der Waals surface area contributed by atoms with Gasteiger partial charge >= 0.3 is 0 Å². The number of furan rings is 1. The SMILES string of the molecule is C#C.CN(C(=O)CN1CCCCCC1=O)c1ccncc1.Cc1cc2cc(N=C(N)NC#N)ccc2o1. The summed E-state index contributed by atoms with van der Waals surface area (Å²) in [6.07, 6.45) is 16.5. The number of likely N-dealkylation sites (tertiary alicyclic amines) is 1. The first-order valence-electron chi connectivity index (χ1n) is 11.6. The number of aromatic nitrogens is 1. The molecule has 1 aromatic carbocycles. The fourth-order valence-electron chi connectivity index (χ4n) is 3.64. The Morgan fingerprint density at radius 3 is 2.68 bits per heavy atom. The van der Waals surface area contributed by atoms with E-state index in [0.717, 1.165) is 41.7 Å². The van der Waals surface area contributed by atoms with Crippen LogP contribution in [0.1, 0.15) is 31.4 Å². The summed E-state index contributed by atoms with van der Waals surface area (Å²) in [5.74, 6) is 0.941. The van der Waals surface area contributed by atoms with Crippen molar-refractivity contribution in [1.29, 1.82) is 5.26 Å². The standard InChI is InChI=1S/C14H19N3O2.C11H10N4O.C2H2/c1-16(12-6-8-15-9-7-12)14(19)11-17-10-4-2-3-5-13(17)18;1-7-4-8-5-9(2-3-10(8)16-7)15-11(13)14-6-12;1-2/h6-9H,2-5,10-11H2,1H3;2-5H,1H3,(H3,13,14,15);1-2H. The number of nitrogens with zero attached hydrogens (tertiary/aromatic N) is 5. The van der Waals surface area contributed by atoms with Crippen LogP contribution in [0.5, 0.6) is 0 Å². The molecule has 0 spiro atoms. The second-order valence-corrected chi connectivity index (χ2v) is 8.10.